The first-order valence-electron chi connectivity index (χ1n) is 6.80. The molecule has 0 saturated heterocycles. The van der Waals surface area contributed by atoms with Crippen LogP contribution < -0.4 is 10.5 Å². The number of nitrogens with one attached hydrogen (secondary N) is 1. The largest absolute Gasteiger partial charge is 0.326 e. The Bertz CT molecular complexity index is 712. The van der Waals surface area contributed by atoms with E-state index in [0.717, 1.165) is 22.3 Å². The molecule has 0 spiro atoms. The number of hydrogen-bond acceptors (Lipinski definition) is 3. The van der Waals surface area contributed by atoms with Crippen LogP contribution in [0.4, 0.5) is 0 Å². The van der Waals surface area contributed by atoms with Crippen LogP contribution in [-0.4, -0.2) is 8.42 Å². The van der Waals surface area contributed by atoms with Gasteiger partial charge in [0.1, 0.15) is 0 Å². The van der Waals surface area contributed by atoms with E-state index in [1.54, 1.807) is 6.07 Å². The van der Waals surface area contributed by atoms with E-state index in [-0.39, 0.29) is 5.75 Å². The van der Waals surface area contributed by atoms with Crippen LogP contribution in [0.1, 0.15) is 22.3 Å². The summed E-state index contributed by atoms with van der Waals surface area (Å²) >= 11 is 0. The van der Waals surface area contributed by atoms with Crippen LogP contribution in [0, 0.1) is 6.92 Å². The summed E-state index contributed by atoms with van der Waals surface area (Å²) in [6, 6.07) is 15.1. The first-order valence-corrected chi connectivity index (χ1v) is 8.46. The Labute approximate surface area is 126 Å². The molecule has 2 aromatic carbocycles. The van der Waals surface area contributed by atoms with Gasteiger partial charge in [-0.25, -0.2) is 13.1 Å². The van der Waals surface area contributed by atoms with Crippen molar-refractivity contribution in [3.63, 3.8) is 0 Å². The number of nitrogens with two attached hydrogens (primary N) is 1. The maximum atomic E-state index is 12.2. The molecule has 0 radical (unpaired) electrons. The van der Waals surface area contributed by atoms with Crippen LogP contribution in [-0.2, 0) is 28.9 Å². The van der Waals surface area contributed by atoms with E-state index in [4.69, 9.17) is 5.73 Å². The van der Waals surface area contributed by atoms with E-state index in [1.807, 2.05) is 49.4 Å². The number of aryl methyl sites for hydroxylation is 1. The minimum Gasteiger partial charge on any atom is -0.326 e. The monoisotopic (exact) mass is 304 g/mol. The zero-order chi connectivity index (χ0) is 15.3. The predicted molar refractivity (Wildman–Crippen MR) is 85.0 cm³/mol. The highest BCUT2D eigenvalue weighted by molar-refractivity contribution is 7.88. The molecule has 0 saturated carbocycles. The molecule has 0 atom stereocenters. The highest BCUT2D eigenvalue weighted by Gasteiger charge is 2.13. The normalized spacial score (nSPS) is 11.5. The molecule has 0 heterocycles. The summed E-state index contributed by atoms with van der Waals surface area (Å²) < 4.78 is 27.0. The summed E-state index contributed by atoms with van der Waals surface area (Å²) in [7, 11) is -3.39. The van der Waals surface area contributed by atoms with Gasteiger partial charge in [0.2, 0.25) is 10.0 Å². The van der Waals surface area contributed by atoms with Gasteiger partial charge in [-0.2, -0.15) is 0 Å². The van der Waals surface area contributed by atoms with Crippen LogP contribution in [0.2, 0.25) is 0 Å². The Kier molecular flexibility index (Phi) is 5.12. The highest BCUT2D eigenvalue weighted by atomic mass is 32.2. The first kappa shape index (κ1) is 15.7. The molecule has 4 nitrogen and oxygen atoms in total. The van der Waals surface area contributed by atoms with Crippen molar-refractivity contribution in [1.82, 2.24) is 4.72 Å². The molecule has 2 aromatic rings. The molecule has 0 aliphatic rings. The molecule has 112 valence electrons. The number of benzene rings is 2. The molecule has 2 rings (SSSR count). The van der Waals surface area contributed by atoms with Crippen LogP contribution in [0.25, 0.3) is 0 Å². The van der Waals surface area contributed by atoms with Gasteiger partial charge in [-0.15, -0.1) is 0 Å². The lowest BCUT2D eigenvalue weighted by Gasteiger charge is -2.11. The molecule has 0 bridgehead atoms. The summed E-state index contributed by atoms with van der Waals surface area (Å²) in [4.78, 5) is 0. The fraction of sp³-hybridized carbons (Fsp3) is 0.250. The molecule has 0 aromatic heterocycles. The molecule has 0 unspecified atom stereocenters. The smallest absolute Gasteiger partial charge is 0.216 e. The van der Waals surface area contributed by atoms with E-state index < -0.39 is 10.0 Å². The number of hydrogen-bond donors (Lipinski definition) is 2. The lowest BCUT2D eigenvalue weighted by molar-refractivity contribution is 0.580. The lowest BCUT2D eigenvalue weighted by atomic mass is 10.1. The minimum atomic E-state index is -3.39. The van der Waals surface area contributed by atoms with E-state index in [1.165, 1.54) is 0 Å². The molecule has 0 fully saturated rings. The highest BCUT2D eigenvalue weighted by Crippen LogP contribution is 2.12. The van der Waals surface area contributed by atoms with Crippen LogP contribution >= 0.6 is 0 Å². The molecule has 21 heavy (non-hydrogen) atoms. The van der Waals surface area contributed by atoms with Crippen LogP contribution in [0.15, 0.2) is 48.5 Å². The summed E-state index contributed by atoms with van der Waals surface area (Å²) in [5.74, 6) is -0.0494. The summed E-state index contributed by atoms with van der Waals surface area (Å²) in [5, 5.41) is 0. The van der Waals surface area contributed by atoms with Crippen molar-refractivity contribution in [2.45, 2.75) is 25.8 Å². The molecule has 0 amide bonds. The van der Waals surface area contributed by atoms with Crippen molar-refractivity contribution < 1.29 is 8.42 Å². The van der Waals surface area contributed by atoms with Crippen molar-refractivity contribution in [3.8, 4) is 0 Å². The Morgan fingerprint density at radius 1 is 0.952 bits per heavy atom. The number of sulfonamides is 1. The van der Waals surface area contributed by atoms with Crippen molar-refractivity contribution in [2.75, 3.05) is 0 Å². The Morgan fingerprint density at radius 3 is 2.14 bits per heavy atom. The SMILES string of the molecule is Cc1ccccc1CNS(=O)(=O)Cc1ccccc1CN. The standard InChI is InChI=1S/C16H20N2O2S/c1-13-6-2-3-8-15(13)11-18-21(19,20)12-16-9-5-4-7-14(16)10-17/h2-9,18H,10-12,17H2,1H3. The molecule has 5 heteroatoms. The van der Waals surface area contributed by atoms with Gasteiger partial charge in [0.25, 0.3) is 0 Å². The second-order valence-electron chi connectivity index (χ2n) is 4.98. The fourth-order valence-corrected chi connectivity index (χ4v) is 3.32. The third-order valence-electron chi connectivity index (χ3n) is 3.43. The predicted octanol–water partition coefficient (Wildman–Crippen LogP) is 2.07. The molecule has 0 aliphatic heterocycles. The second kappa shape index (κ2) is 6.85. The van der Waals surface area contributed by atoms with Crippen LogP contribution in [0.5, 0.6) is 0 Å². The fourth-order valence-electron chi connectivity index (χ4n) is 2.15. The van der Waals surface area contributed by atoms with E-state index in [9.17, 15) is 8.42 Å². The summed E-state index contributed by atoms with van der Waals surface area (Å²) in [5.41, 5.74) is 9.30. The van der Waals surface area contributed by atoms with Gasteiger partial charge >= 0.3 is 0 Å². The van der Waals surface area contributed by atoms with Gasteiger partial charge < -0.3 is 5.73 Å². The first-order chi connectivity index (χ1) is 10.0. The topological polar surface area (TPSA) is 72.2 Å². The van der Waals surface area contributed by atoms with Gasteiger partial charge in [0.05, 0.1) is 5.75 Å². The second-order valence-corrected chi connectivity index (χ2v) is 6.79. The van der Waals surface area contributed by atoms with E-state index in [2.05, 4.69) is 4.72 Å². The molecule has 0 aliphatic carbocycles. The van der Waals surface area contributed by atoms with Gasteiger partial charge in [-0.05, 0) is 29.2 Å². The molecular weight excluding hydrogens is 284 g/mol. The Morgan fingerprint density at radius 2 is 1.52 bits per heavy atom. The Hall–Kier alpha value is -1.69. The third-order valence-corrected chi connectivity index (χ3v) is 4.70. The average molecular weight is 304 g/mol. The van der Waals surface area contributed by atoms with Gasteiger partial charge in [-0.1, -0.05) is 48.5 Å². The van der Waals surface area contributed by atoms with Crippen LogP contribution in [0.3, 0.4) is 0 Å². The van der Waals surface area contributed by atoms with Crippen molar-refractivity contribution in [2.24, 2.45) is 5.73 Å². The van der Waals surface area contributed by atoms with Gasteiger partial charge in [0.15, 0.2) is 0 Å². The van der Waals surface area contributed by atoms with Gasteiger partial charge in [0, 0.05) is 13.1 Å². The van der Waals surface area contributed by atoms with Crippen molar-refractivity contribution >= 4 is 10.0 Å². The lowest BCUT2D eigenvalue weighted by Crippen LogP contribution is -2.25. The Balaban J connectivity index is 2.07. The average Bonchev–Trinajstić information content (AvgIpc) is 2.47. The summed E-state index contributed by atoms with van der Waals surface area (Å²) in [6.07, 6.45) is 0. The number of rotatable bonds is 6. The zero-order valence-corrected chi connectivity index (χ0v) is 12.9. The zero-order valence-electron chi connectivity index (χ0n) is 12.0. The maximum Gasteiger partial charge on any atom is 0.216 e. The minimum absolute atomic E-state index is 0.0494. The van der Waals surface area contributed by atoms with E-state index >= 15 is 0 Å². The third kappa shape index (κ3) is 4.39. The van der Waals surface area contributed by atoms with Gasteiger partial charge in [-0.3, -0.25) is 0 Å². The maximum absolute atomic E-state index is 12.2. The summed E-state index contributed by atoms with van der Waals surface area (Å²) in [6.45, 7) is 2.61. The van der Waals surface area contributed by atoms with Crippen molar-refractivity contribution in [3.05, 3.63) is 70.8 Å². The molecule has 3 N–H and O–H groups in total. The molecular formula is C16H20N2O2S. The van der Waals surface area contributed by atoms with Crippen molar-refractivity contribution in [1.29, 1.82) is 0 Å². The van der Waals surface area contributed by atoms with E-state index in [0.29, 0.717) is 13.1 Å². The quantitative estimate of drug-likeness (QED) is 0.858.